The smallest absolute Gasteiger partial charge is 0.227 e. The van der Waals surface area contributed by atoms with Gasteiger partial charge in [-0.15, -0.1) is 0 Å². The van der Waals surface area contributed by atoms with Crippen LogP contribution in [0.1, 0.15) is 64.5 Å². The van der Waals surface area contributed by atoms with Gasteiger partial charge in [0.1, 0.15) is 5.82 Å². The van der Waals surface area contributed by atoms with Gasteiger partial charge in [0.05, 0.1) is 5.92 Å². The molecule has 4 nitrogen and oxygen atoms in total. The number of benzene rings is 4. The molecule has 1 aliphatic rings. The molecule has 5 rings (SSSR count). The second kappa shape index (κ2) is 13.5. The molecule has 4 aromatic rings. The van der Waals surface area contributed by atoms with Crippen molar-refractivity contribution >= 4 is 5.91 Å². The van der Waals surface area contributed by atoms with Crippen molar-refractivity contribution in [2.75, 3.05) is 6.54 Å². The number of hydrogen-bond acceptors (Lipinski definition) is 3. The lowest BCUT2D eigenvalue weighted by molar-refractivity contribution is -0.122. The van der Waals surface area contributed by atoms with Crippen LogP contribution < -0.4 is 16.0 Å². The number of carbonyl (C=O) groups is 1. The Kier molecular flexibility index (Phi) is 9.67. The first-order valence-electron chi connectivity index (χ1n) is 15.8. The second-order valence-electron chi connectivity index (χ2n) is 13.7. The Labute approximate surface area is 262 Å². The zero-order valence-electron chi connectivity index (χ0n) is 26.7. The lowest BCUT2D eigenvalue weighted by Gasteiger charge is -2.47. The molecule has 1 amide bonds. The summed E-state index contributed by atoms with van der Waals surface area (Å²) >= 11 is 0. The predicted molar refractivity (Wildman–Crippen MR) is 180 cm³/mol. The van der Waals surface area contributed by atoms with E-state index < -0.39 is 5.92 Å². The van der Waals surface area contributed by atoms with E-state index in [1.807, 2.05) is 61.5 Å². The van der Waals surface area contributed by atoms with E-state index in [9.17, 15) is 4.79 Å². The standard InChI is InChI=1S/C39H46FN3O/c1-27(32-20-21-35(36(40)23-32)31-14-10-7-11-15-31)37(44)42-33(26-41-34-24-38(2,3)43-39(4,5)25-34)22-28-16-18-30(19-17-28)29-12-8-6-9-13-29/h6-21,23,27,33-34,41,43H,22,24-26H2,1-5H3,(H,42,44)/t27-,33-/m0/s1. The molecule has 0 aliphatic carbocycles. The van der Waals surface area contributed by atoms with E-state index in [0.717, 1.165) is 24.0 Å². The highest BCUT2D eigenvalue weighted by Gasteiger charge is 2.37. The van der Waals surface area contributed by atoms with Crippen molar-refractivity contribution in [3.05, 3.63) is 120 Å². The SMILES string of the molecule is C[C@H](C(=O)N[C@H](CNC1CC(C)(C)NC(C)(C)C1)Cc1ccc(-c2ccccc2)cc1)c1ccc(-c2ccccc2)c(F)c1. The monoisotopic (exact) mass is 591 g/mol. The number of hydrogen-bond donors (Lipinski definition) is 3. The Bertz CT molecular complexity index is 1520. The summed E-state index contributed by atoms with van der Waals surface area (Å²) in [6.45, 7) is 11.5. The number of amides is 1. The van der Waals surface area contributed by atoms with Crippen molar-refractivity contribution in [1.29, 1.82) is 0 Å². The summed E-state index contributed by atoms with van der Waals surface area (Å²) in [5.74, 6) is -0.911. The fraction of sp³-hybridized carbons (Fsp3) is 0.359. The molecule has 230 valence electrons. The predicted octanol–water partition coefficient (Wildman–Crippen LogP) is 7.89. The molecule has 1 aliphatic heterocycles. The van der Waals surface area contributed by atoms with Gasteiger partial charge in [0.2, 0.25) is 5.91 Å². The van der Waals surface area contributed by atoms with Gasteiger partial charge in [0.25, 0.3) is 0 Å². The van der Waals surface area contributed by atoms with Crippen LogP contribution in [0.3, 0.4) is 0 Å². The van der Waals surface area contributed by atoms with Crippen LogP contribution in [0.5, 0.6) is 0 Å². The van der Waals surface area contributed by atoms with Crippen LogP contribution >= 0.6 is 0 Å². The first-order valence-corrected chi connectivity index (χ1v) is 15.8. The van der Waals surface area contributed by atoms with Gasteiger partial charge in [-0.2, -0.15) is 0 Å². The summed E-state index contributed by atoms with van der Waals surface area (Å²) in [4.78, 5) is 13.6. The van der Waals surface area contributed by atoms with Gasteiger partial charge >= 0.3 is 0 Å². The molecule has 0 unspecified atom stereocenters. The summed E-state index contributed by atoms with van der Waals surface area (Å²) < 4.78 is 15.2. The van der Waals surface area contributed by atoms with Gasteiger partial charge in [-0.25, -0.2) is 4.39 Å². The van der Waals surface area contributed by atoms with Crippen molar-refractivity contribution in [1.82, 2.24) is 16.0 Å². The summed E-state index contributed by atoms with van der Waals surface area (Å²) in [7, 11) is 0. The Morgan fingerprint density at radius 3 is 1.98 bits per heavy atom. The third kappa shape index (κ3) is 8.22. The molecule has 0 radical (unpaired) electrons. The maximum absolute atomic E-state index is 15.2. The Morgan fingerprint density at radius 2 is 1.39 bits per heavy atom. The molecule has 0 spiro atoms. The Morgan fingerprint density at radius 1 is 0.818 bits per heavy atom. The van der Waals surface area contributed by atoms with E-state index in [-0.39, 0.29) is 28.8 Å². The largest absolute Gasteiger partial charge is 0.351 e. The van der Waals surface area contributed by atoms with Crippen molar-refractivity contribution < 1.29 is 9.18 Å². The van der Waals surface area contributed by atoms with Crippen LogP contribution in [0, 0.1) is 5.82 Å². The normalized spacial score (nSPS) is 17.5. The minimum absolute atomic E-state index is 0.0237. The van der Waals surface area contributed by atoms with Crippen LogP contribution in [0.25, 0.3) is 22.3 Å². The number of carbonyl (C=O) groups excluding carboxylic acids is 1. The van der Waals surface area contributed by atoms with E-state index in [0.29, 0.717) is 30.1 Å². The first kappa shape index (κ1) is 31.6. The molecule has 1 saturated heterocycles. The summed E-state index contributed by atoms with van der Waals surface area (Å²) in [6.07, 6.45) is 2.71. The Hall–Kier alpha value is -3.80. The van der Waals surface area contributed by atoms with Crippen molar-refractivity contribution in [2.45, 2.75) is 83.0 Å². The number of piperidine rings is 1. The van der Waals surface area contributed by atoms with Crippen molar-refractivity contribution in [3.63, 3.8) is 0 Å². The molecule has 44 heavy (non-hydrogen) atoms. The first-order chi connectivity index (χ1) is 21.0. The van der Waals surface area contributed by atoms with Crippen LogP contribution in [-0.4, -0.2) is 35.6 Å². The fourth-order valence-electron chi connectivity index (χ4n) is 6.83. The molecular formula is C39H46FN3O. The molecule has 0 saturated carbocycles. The highest BCUT2D eigenvalue weighted by Crippen LogP contribution is 2.29. The highest BCUT2D eigenvalue weighted by molar-refractivity contribution is 5.84. The molecule has 4 aromatic carbocycles. The average molecular weight is 592 g/mol. The van der Waals surface area contributed by atoms with Crippen molar-refractivity contribution in [3.8, 4) is 22.3 Å². The van der Waals surface area contributed by atoms with Gasteiger partial charge in [-0.05, 0) is 87.8 Å². The highest BCUT2D eigenvalue weighted by atomic mass is 19.1. The molecule has 1 fully saturated rings. The zero-order chi connectivity index (χ0) is 31.3. The van der Waals surface area contributed by atoms with Gasteiger partial charge in [0, 0.05) is 35.3 Å². The minimum atomic E-state index is -0.492. The van der Waals surface area contributed by atoms with E-state index >= 15 is 4.39 Å². The van der Waals surface area contributed by atoms with Crippen LogP contribution in [0.4, 0.5) is 4.39 Å². The quantitative estimate of drug-likeness (QED) is 0.176. The van der Waals surface area contributed by atoms with E-state index in [2.05, 4.69) is 80.0 Å². The number of halogens is 1. The zero-order valence-corrected chi connectivity index (χ0v) is 26.7. The fourth-order valence-corrected chi connectivity index (χ4v) is 6.83. The molecule has 3 N–H and O–H groups in total. The van der Waals surface area contributed by atoms with Crippen LogP contribution in [0.15, 0.2) is 103 Å². The summed E-state index contributed by atoms with van der Waals surface area (Å²) in [5, 5.41) is 10.9. The molecule has 5 heteroatoms. The van der Waals surface area contributed by atoms with Gasteiger partial charge in [0.15, 0.2) is 0 Å². The summed E-state index contributed by atoms with van der Waals surface area (Å²) in [5.41, 5.74) is 5.58. The molecule has 1 heterocycles. The maximum atomic E-state index is 15.2. The molecular weight excluding hydrogens is 545 g/mol. The molecule has 0 bridgehead atoms. The average Bonchev–Trinajstić information content (AvgIpc) is 2.99. The Balaban J connectivity index is 1.31. The van der Waals surface area contributed by atoms with Crippen LogP contribution in [-0.2, 0) is 11.2 Å². The lowest BCUT2D eigenvalue weighted by Crippen LogP contribution is -2.62. The molecule has 0 aromatic heterocycles. The van der Waals surface area contributed by atoms with Gasteiger partial charge in [-0.1, -0.05) is 97.1 Å². The molecule has 2 atom stereocenters. The topological polar surface area (TPSA) is 53.2 Å². The summed E-state index contributed by atoms with van der Waals surface area (Å²) in [6, 6.07) is 33.8. The number of rotatable bonds is 10. The third-order valence-corrected chi connectivity index (χ3v) is 8.70. The minimum Gasteiger partial charge on any atom is -0.351 e. The van der Waals surface area contributed by atoms with E-state index in [4.69, 9.17) is 0 Å². The van der Waals surface area contributed by atoms with Crippen molar-refractivity contribution in [2.24, 2.45) is 0 Å². The van der Waals surface area contributed by atoms with E-state index in [1.54, 1.807) is 6.07 Å². The van der Waals surface area contributed by atoms with Gasteiger partial charge < -0.3 is 16.0 Å². The van der Waals surface area contributed by atoms with Crippen LogP contribution in [0.2, 0.25) is 0 Å². The number of nitrogens with one attached hydrogen (secondary N) is 3. The van der Waals surface area contributed by atoms with Gasteiger partial charge in [-0.3, -0.25) is 4.79 Å². The van der Waals surface area contributed by atoms with E-state index in [1.165, 1.54) is 17.2 Å². The maximum Gasteiger partial charge on any atom is 0.227 e. The lowest BCUT2D eigenvalue weighted by atomic mass is 9.79. The third-order valence-electron chi connectivity index (χ3n) is 8.70. The second-order valence-corrected chi connectivity index (χ2v) is 13.7.